The zero-order chi connectivity index (χ0) is 15.9. The molecule has 0 radical (unpaired) electrons. The summed E-state index contributed by atoms with van der Waals surface area (Å²) in [4.78, 5) is 14.2. The summed E-state index contributed by atoms with van der Waals surface area (Å²) in [6.07, 6.45) is 1.76. The number of benzene rings is 1. The van der Waals surface area contributed by atoms with Gasteiger partial charge in [-0.25, -0.2) is 0 Å². The number of nitrogens with one attached hydrogen (secondary N) is 1. The first kappa shape index (κ1) is 16.8. The van der Waals surface area contributed by atoms with Gasteiger partial charge < -0.3 is 15.2 Å². The summed E-state index contributed by atoms with van der Waals surface area (Å²) in [5.41, 5.74) is 0.775. The number of rotatable bonds is 6. The van der Waals surface area contributed by atoms with Crippen LogP contribution in [-0.4, -0.2) is 48.3 Å². The number of aliphatic hydroxyl groups excluding tert-OH is 1. The van der Waals surface area contributed by atoms with Crippen molar-refractivity contribution in [1.82, 2.24) is 4.90 Å². The van der Waals surface area contributed by atoms with Gasteiger partial charge in [-0.2, -0.15) is 0 Å². The predicted molar refractivity (Wildman–Crippen MR) is 87.1 cm³/mol. The highest BCUT2D eigenvalue weighted by Crippen LogP contribution is 2.20. The Kier molecular flexibility index (Phi) is 6.21. The molecule has 1 aromatic carbocycles. The summed E-state index contributed by atoms with van der Waals surface area (Å²) in [6.45, 7) is 6.47. The zero-order valence-corrected chi connectivity index (χ0v) is 13.4. The van der Waals surface area contributed by atoms with Gasteiger partial charge in [0, 0.05) is 12.2 Å². The van der Waals surface area contributed by atoms with Gasteiger partial charge in [-0.15, -0.1) is 0 Å². The molecule has 2 rings (SSSR count). The smallest absolute Gasteiger partial charge is 0.238 e. The maximum absolute atomic E-state index is 12.1. The first-order valence-corrected chi connectivity index (χ1v) is 8.01. The van der Waals surface area contributed by atoms with Crippen LogP contribution in [0.3, 0.4) is 0 Å². The largest absolute Gasteiger partial charge is 0.494 e. The molecule has 5 nitrogen and oxygen atoms in total. The summed E-state index contributed by atoms with van der Waals surface area (Å²) >= 11 is 0. The molecule has 0 spiro atoms. The highest BCUT2D eigenvalue weighted by atomic mass is 16.5. The van der Waals surface area contributed by atoms with Crippen LogP contribution >= 0.6 is 0 Å². The number of ether oxygens (including phenoxy) is 1. The fourth-order valence-electron chi connectivity index (χ4n) is 2.83. The molecule has 0 aliphatic carbocycles. The fourth-order valence-corrected chi connectivity index (χ4v) is 2.83. The van der Waals surface area contributed by atoms with E-state index in [1.807, 2.05) is 38.1 Å². The molecule has 2 N–H and O–H groups in total. The Labute approximate surface area is 132 Å². The topological polar surface area (TPSA) is 61.8 Å². The molecule has 0 saturated carbocycles. The van der Waals surface area contributed by atoms with Crippen LogP contribution in [0.4, 0.5) is 5.69 Å². The average molecular weight is 306 g/mol. The van der Waals surface area contributed by atoms with Crippen molar-refractivity contribution in [2.45, 2.75) is 32.8 Å². The van der Waals surface area contributed by atoms with Crippen LogP contribution in [-0.2, 0) is 4.79 Å². The van der Waals surface area contributed by atoms with E-state index in [-0.39, 0.29) is 17.9 Å². The lowest BCUT2D eigenvalue weighted by Gasteiger charge is -2.33. The van der Waals surface area contributed by atoms with Crippen LogP contribution in [0, 0.1) is 5.92 Å². The van der Waals surface area contributed by atoms with E-state index in [0.717, 1.165) is 37.4 Å². The van der Waals surface area contributed by atoms with Gasteiger partial charge in [0.25, 0.3) is 0 Å². The quantitative estimate of drug-likeness (QED) is 0.845. The molecule has 5 heteroatoms. The van der Waals surface area contributed by atoms with Crippen LogP contribution < -0.4 is 10.1 Å². The normalized spacial score (nSPS) is 20.4. The number of likely N-dealkylation sites (tertiary alicyclic amines) is 1. The highest BCUT2D eigenvalue weighted by molar-refractivity contribution is 5.92. The third-order valence-corrected chi connectivity index (χ3v) is 4.04. The van der Waals surface area contributed by atoms with E-state index in [4.69, 9.17) is 4.74 Å². The molecule has 22 heavy (non-hydrogen) atoms. The van der Waals surface area contributed by atoms with Crippen LogP contribution in [0.2, 0.25) is 0 Å². The molecule has 0 aromatic heterocycles. The summed E-state index contributed by atoms with van der Waals surface area (Å²) < 4.78 is 5.38. The molecule has 1 heterocycles. The minimum Gasteiger partial charge on any atom is -0.494 e. The first-order chi connectivity index (χ1) is 10.6. The number of amides is 1. The predicted octanol–water partition coefficient (Wildman–Crippen LogP) is 2.12. The van der Waals surface area contributed by atoms with Crippen molar-refractivity contribution < 1.29 is 14.6 Å². The molecule has 1 aromatic rings. The van der Waals surface area contributed by atoms with Gasteiger partial charge in [0.2, 0.25) is 5.91 Å². The zero-order valence-electron chi connectivity index (χ0n) is 13.4. The van der Waals surface area contributed by atoms with Gasteiger partial charge in [0.05, 0.1) is 19.3 Å². The van der Waals surface area contributed by atoms with Crippen molar-refractivity contribution in [3.63, 3.8) is 0 Å². The van der Waals surface area contributed by atoms with Crippen molar-refractivity contribution in [2.24, 2.45) is 5.92 Å². The van der Waals surface area contributed by atoms with Crippen LogP contribution in [0.15, 0.2) is 24.3 Å². The van der Waals surface area contributed by atoms with E-state index in [0.29, 0.717) is 13.2 Å². The van der Waals surface area contributed by atoms with Crippen LogP contribution in [0.5, 0.6) is 5.75 Å². The van der Waals surface area contributed by atoms with E-state index >= 15 is 0 Å². The number of anilines is 1. The molecule has 2 atom stereocenters. The second-order valence-corrected chi connectivity index (χ2v) is 5.88. The molecule has 2 unspecified atom stereocenters. The Morgan fingerprint density at radius 1 is 1.45 bits per heavy atom. The average Bonchev–Trinajstić information content (AvgIpc) is 2.49. The number of carbonyl (C=O) groups is 1. The van der Waals surface area contributed by atoms with Gasteiger partial charge in [-0.3, -0.25) is 9.69 Å². The lowest BCUT2D eigenvalue weighted by molar-refractivity contribution is -0.118. The third-order valence-electron chi connectivity index (χ3n) is 4.04. The fraction of sp³-hybridized carbons (Fsp3) is 0.588. The van der Waals surface area contributed by atoms with E-state index in [9.17, 15) is 9.90 Å². The maximum atomic E-state index is 12.1. The number of hydrogen-bond donors (Lipinski definition) is 2. The summed E-state index contributed by atoms with van der Waals surface area (Å²) in [6, 6.07) is 7.39. The van der Waals surface area contributed by atoms with Crippen LogP contribution in [0.1, 0.15) is 26.7 Å². The SMILES string of the molecule is CCOc1ccc(NC(=O)CN2CCCC(C(C)O)C2)cc1. The number of piperidine rings is 1. The molecule has 1 saturated heterocycles. The molecule has 122 valence electrons. The van der Waals surface area contributed by atoms with Gasteiger partial charge in [-0.1, -0.05) is 0 Å². The van der Waals surface area contributed by atoms with Crippen molar-refractivity contribution in [2.75, 3.05) is 31.6 Å². The third kappa shape index (κ3) is 5.00. The summed E-state index contributed by atoms with van der Waals surface area (Å²) in [7, 11) is 0. The Morgan fingerprint density at radius 2 is 2.18 bits per heavy atom. The highest BCUT2D eigenvalue weighted by Gasteiger charge is 2.24. The van der Waals surface area contributed by atoms with Gasteiger partial charge >= 0.3 is 0 Å². The number of nitrogens with zero attached hydrogens (tertiary/aromatic N) is 1. The molecular weight excluding hydrogens is 280 g/mol. The molecule has 1 aliphatic rings. The molecule has 1 fully saturated rings. The molecule has 0 bridgehead atoms. The summed E-state index contributed by atoms with van der Waals surface area (Å²) in [5, 5.41) is 12.6. The number of carbonyl (C=O) groups excluding carboxylic acids is 1. The van der Waals surface area contributed by atoms with E-state index in [1.165, 1.54) is 0 Å². The van der Waals surface area contributed by atoms with Crippen molar-refractivity contribution in [3.05, 3.63) is 24.3 Å². The summed E-state index contributed by atoms with van der Waals surface area (Å²) in [5.74, 6) is 1.05. The van der Waals surface area contributed by atoms with Crippen molar-refractivity contribution in [1.29, 1.82) is 0 Å². The van der Waals surface area contributed by atoms with E-state index < -0.39 is 0 Å². The Hall–Kier alpha value is -1.59. The lowest BCUT2D eigenvalue weighted by Crippen LogP contribution is -2.43. The Morgan fingerprint density at radius 3 is 2.82 bits per heavy atom. The minimum atomic E-state index is -0.308. The lowest BCUT2D eigenvalue weighted by atomic mass is 9.93. The van der Waals surface area contributed by atoms with Gasteiger partial charge in [0.1, 0.15) is 5.75 Å². The van der Waals surface area contributed by atoms with Crippen LogP contribution in [0.25, 0.3) is 0 Å². The monoisotopic (exact) mass is 306 g/mol. The Balaban J connectivity index is 1.82. The molecule has 1 amide bonds. The minimum absolute atomic E-state index is 0.0181. The van der Waals surface area contributed by atoms with Crippen molar-refractivity contribution in [3.8, 4) is 5.75 Å². The first-order valence-electron chi connectivity index (χ1n) is 8.01. The standard InChI is InChI=1S/C17H26N2O3/c1-3-22-16-8-6-15(7-9-16)18-17(21)12-19-10-4-5-14(11-19)13(2)20/h6-9,13-14,20H,3-5,10-12H2,1-2H3,(H,18,21). The Bertz CT molecular complexity index is 473. The maximum Gasteiger partial charge on any atom is 0.238 e. The van der Waals surface area contributed by atoms with E-state index in [1.54, 1.807) is 0 Å². The van der Waals surface area contributed by atoms with Gasteiger partial charge in [0.15, 0.2) is 0 Å². The molecular formula is C17H26N2O3. The number of hydrogen-bond acceptors (Lipinski definition) is 4. The van der Waals surface area contributed by atoms with Crippen molar-refractivity contribution >= 4 is 11.6 Å². The van der Waals surface area contributed by atoms with E-state index in [2.05, 4.69) is 10.2 Å². The second-order valence-electron chi connectivity index (χ2n) is 5.88. The second kappa shape index (κ2) is 8.15. The number of aliphatic hydroxyl groups is 1. The van der Waals surface area contributed by atoms with Gasteiger partial charge in [-0.05, 0) is 63.4 Å². The molecule has 1 aliphatic heterocycles.